The van der Waals surface area contributed by atoms with Crippen molar-refractivity contribution in [2.75, 3.05) is 16.4 Å². The number of rotatable bonds is 3. The lowest BCUT2D eigenvalue weighted by molar-refractivity contribution is -0.137. The number of nitrogens with zero attached hydrogens (tertiary/aromatic N) is 2. The fourth-order valence-electron chi connectivity index (χ4n) is 3.27. The summed E-state index contributed by atoms with van der Waals surface area (Å²) in [6, 6.07) is 4.30. The molecule has 1 aromatic rings. The van der Waals surface area contributed by atoms with Gasteiger partial charge in [-0.05, 0) is 18.1 Å². The first-order valence-electron chi connectivity index (χ1n) is 8.42. The van der Waals surface area contributed by atoms with Crippen molar-refractivity contribution >= 4 is 38.4 Å². The number of carbonyl (C=O) groups excluding carboxylic acids is 1. The lowest BCUT2D eigenvalue weighted by Crippen LogP contribution is -2.39. The molecule has 0 bridgehead atoms. The molecule has 1 amide bonds. The lowest BCUT2D eigenvalue weighted by atomic mass is 10.1. The van der Waals surface area contributed by atoms with E-state index in [0.29, 0.717) is 0 Å². The number of aliphatic imine (C=N–C) groups is 1. The number of alkyl halides is 3. The van der Waals surface area contributed by atoms with Crippen LogP contribution in [0.1, 0.15) is 25.8 Å². The van der Waals surface area contributed by atoms with Gasteiger partial charge in [-0.15, -0.1) is 0 Å². The summed E-state index contributed by atoms with van der Waals surface area (Å²) < 4.78 is 64.5. The van der Waals surface area contributed by atoms with Gasteiger partial charge in [-0.25, -0.2) is 8.42 Å². The Morgan fingerprint density at radius 2 is 1.96 bits per heavy atom. The van der Waals surface area contributed by atoms with Gasteiger partial charge in [0.15, 0.2) is 15.0 Å². The topological polar surface area (TPSA) is 66.8 Å². The van der Waals surface area contributed by atoms with Crippen molar-refractivity contribution in [1.82, 2.24) is 0 Å². The highest BCUT2D eigenvalue weighted by atomic mass is 32.2. The predicted octanol–water partition coefficient (Wildman–Crippen LogP) is 3.35. The zero-order valence-electron chi connectivity index (χ0n) is 14.7. The Labute approximate surface area is 159 Å². The predicted molar refractivity (Wildman–Crippen MR) is 99.6 cm³/mol. The summed E-state index contributed by atoms with van der Waals surface area (Å²) >= 11 is 1.07. The van der Waals surface area contributed by atoms with E-state index in [1.54, 1.807) is 0 Å². The minimum Gasteiger partial charge on any atom is -0.315 e. The second-order valence-corrected chi connectivity index (χ2v) is 10.4. The molecule has 5 nitrogen and oxygen atoms in total. The number of sulfone groups is 1. The Morgan fingerprint density at radius 1 is 1.30 bits per heavy atom. The summed E-state index contributed by atoms with van der Waals surface area (Å²) in [6.45, 7) is 3.69. The summed E-state index contributed by atoms with van der Waals surface area (Å²) in [7, 11) is -3.35. The minimum absolute atomic E-state index is 0.0593. The van der Waals surface area contributed by atoms with Crippen molar-refractivity contribution in [1.29, 1.82) is 0 Å². The van der Waals surface area contributed by atoms with E-state index in [4.69, 9.17) is 0 Å². The van der Waals surface area contributed by atoms with E-state index in [0.717, 1.165) is 17.8 Å². The highest BCUT2D eigenvalue weighted by Gasteiger charge is 2.51. The van der Waals surface area contributed by atoms with Crippen LogP contribution in [0.3, 0.4) is 0 Å². The molecule has 0 N–H and O–H groups in total. The zero-order chi connectivity index (χ0) is 20.0. The molecule has 148 valence electrons. The second-order valence-electron chi connectivity index (χ2n) is 7.07. The summed E-state index contributed by atoms with van der Waals surface area (Å²) in [5.41, 5.74) is -1.04. The molecule has 0 radical (unpaired) electrons. The molecule has 3 rings (SSSR count). The summed E-state index contributed by atoms with van der Waals surface area (Å²) in [6.07, 6.45) is -4.43. The van der Waals surface area contributed by atoms with E-state index in [-0.39, 0.29) is 34.7 Å². The zero-order valence-corrected chi connectivity index (χ0v) is 16.4. The molecule has 0 aromatic heterocycles. The number of halogens is 3. The first-order valence-corrected chi connectivity index (χ1v) is 11.1. The first-order chi connectivity index (χ1) is 12.5. The number of benzene rings is 1. The van der Waals surface area contributed by atoms with Crippen molar-refractivity contribution in [3.05, 3.63) is 29.8 Å². The number of anilines is 1. The Bertz CT molecular complexity index is 882. The van der Waals surface area contributed by atoms with Gasteiger partial charge in [0.25, 0.3) is 0 Å². The minimum atomic E-state index is -4.61. The van der Waals surface area contributed by atoms with Crippen molar-refractivity contribution in [3.63, 3.8) is 0 Å². The van der Waals surface area contributed by atoms with Crippen LogP contribution in [0.25, 0.3) is 0 Å². The summed E-state index contributed by atoms with van der Waals surface area (Å²) in [5, 5.41) is -0.302. The van der Waals surface area contributed by atoms with Crippen LogP contribution in [0.15, 0.2) is 29.3 Å². The van der Waals surface area contributed by atoms with E-state index in [1.807, 2.05) is 13.8 Å². The summed E-state index contributed by atoms with van der Waals surface area (Å²) in [5.74, 6) is -0.757. The third-order valence-electron chi connectivity index (χ3n) is 4.34. The van der Waals surface area contributed by atoms with Gasteiger partial charge in [-0.3, -0.25) is 4.79 Å². The number of hydrogen-bond donors (Lipinski definition) is 0. The number of para-hydroxylation sites is 1. The molecule has 27 heavy (non-hydrogen) atoms. The van der Waals surface area contributed by atoms with E-state index in [9.17, 15) is 26.4 Å². The molecule has 0 spiro atoms. The standard InChI is InChI=1S/C17H19F3N2O3S2/c1-10(2)7-15(23)21-16-22(13-8-27(24,25)9-14(13)26-16)12-6-4-3-5-11(12)17(18,19)20/h3-6,10,13-14H,7-9H2,1-2H3/t13-,14-/m1/s1. The van der Waals surface area contributed by atoms with Crippen LogP contribution in [0.5, 0.6) is 0 Å². The number of hydrogen-bond acceptors (Lipinski definition) is 4. The number of fused-ring (bicyclic) bond motifs is 1. The Balaban J connectivity index is 2.07. The molecule has 2 aliphatic rings. The lowest BCUT2D eigenvalue weighted by Gasteiger charge is -2.27. The fraction of sp³-hybridized carbons (Fsp3) is 0.529. The van der Waals surface area contributed by atoms with Gasteiger partial charge < -0.3 is 4.90 Å². The normalized spacial score (nSPS) is 26.0. The van der Waals surface area contributed by atoms with Crippen LogP contribution in [0.4, 0.5) is 18.9 Å². The number of thioether (sulfide) groups is 1. The second kappa shape index (κ2) is 7.12. The van der Waals surface area contributed by atoms with Crippen molar-refractivity contribution in [2.45, 2.75) is 37.7 Å². The fourth-order valence-corrected chi connectivity index (χ4v) is 7.20. The maximum Gasteiger partial charge on any atom is 0.418 e. The average Bonchev–Trinajstić information content (AvgIpc) is 2.96. The third kappa shape index (κ3) is 4.31. The third-order valence-corrected chi connectivity index (χ3v) is 7.55. The monoisotopic (exact) mass is 420 g/mol. The molecular formula is C17H19F3N2O3S2. The molecular weight excluding hydrogens is 401 g/mol. The first kappa shape index (κ1) is 20.2. The number of carbonyl (C=O) groups is 1. The Kier molecular flexibility index (Phi) is 5.33. The van der Waals surface area contributed by atoms with Crippen molar-refractivity contribution in [2.24, 2.45) is 10.9 Å². The Hall–Kier alpha value is -1.55. The van der Waals surface area contributed by atoms with Gasteiger partial charge in [0, 0.05) is 11.7 Å². The molecule has 0 aliphatic carbocycles. The molecule has 10 heteroatoms. The van der Waals surface area contributed by atoms with E-state index < -0.39 is 38.8 Å². The van der Waals surface area contributed by atoms with Gasteiger partial charge in [-0.2, -0.15) is 18.2 Å². The van der Waals surface area contributed by atoms with Crippen molar-refractivity contribution < 1.29 is 26.4 Å². The van der Waals surface area contributed by atoms with E-state index in [1.165, 1.54) is 23.1 Å². The van der Waals surface area contributed by atoms with Crippen LogP contribution >= 0.6 is 11.8 Å². The van der Waals surface area contributed by atoms with E-state index >= 15 is 0 Å². The average molecular weight is 420 g/mol. The molecule has 2 saturated heterocycles. The molecule has 1 aromatic carbocycles. The van der Waals surface area contributed by atoms with Crippen molar-refractivity contribution in [3.8, 4) is 0 Å². The molecule has 0 saturated carbocycles. The quantitative estimate of drug-likeness (QED) is 0.750. The maximum absolute atomic E-state index is 13.5. The summed E-state index contributed by atoms with van der Waals surface area (Å²) in [4.78, 5) is 17.5. The van der Waals surface area contributed by atoms with Gasteiger partial charge in [0.2, 0.25) is 5.91 Å². The molecule has 2 aliphatic heterocycles. The molecule has 2 heterocycles. The van der Waals surface area contributed by atoms with Crippen LogP contribution in [0.2, 0.25) is 0 Å². The van der Waals surface area contributed by atoms with Gasteiger partial charge >= 0.3 is 6.18 Å². The molecule has 2 fully saturated rings. The number of amidine groups is 1. The van der Waals surface area contributed by atoms with Crippen LogP contribution in [-0.4, -0.2) is 42.3 Å². The molecule has 2 atom stereocenters. The van der Waals surface area contributed by atoms with Gasteiger partial charge in [0.05, 0.1) is 28.8 Å². The maximum atomic E-state index is 13.5. The largest absolute Gasteiger partial charge is 0.418 e. The molecule has 0 unspecified atom stereocenters. The van der Waals surface area contributed by atoms with Crippen LogP contribution in [-0.2, 0) is 20.8 Å². The highest BCUT2D eigenvalue weighted by molar-refractivity contribution is 8.16. The number of amides is 1. The SMILES string of the molecule is CC(C)CC(=O)N=C1S[C@@H]2CS(=O)(=O)C[C@H]2N1c1ccccc1C(F)(F)F. The van der Waals surface area contributed by atoms with E-state index in [2.05, 4.69) is 4.99 Å². The van der Waals surface area contributed by atoms with Gasteiger partial charge in [-0.1, -0.05) is 37.7 Å². The highest BCUT2D eigenvalue weighted by Crippen LogP contribution is 2.45. The van der Waals surface area contributed by atoms with Crippen LogP contribution < -0.4 is 4.90 Å². The Morgan fingerprint density at radius 3 is 2.59 bits per heavy atom. The van der Waals surface area contributed by atoms with Gasteiger partial charge in [0.1, 0.15) is 0 Å². The van der Waals surface area contributed by atoms with Crippen LogP contribution in [0, 0.1) is 5.92 Å². The smallest absolute Gasteiger partial charge is 0.315 e.